The fourth-order valence-corrected chi connectivity index (χ4v) is 5.82. The molecule has 0 spiro atoms. The van der Waals surface area contributed by atoms with Crippen LogP contribution in [0.1, 0.15) is 80.9 Å². The van der Waals surface area contributed by atoms with Crippen molar-refractivity contribution in [1.82, 2.24) is 20.3 Å². The average Bonchev–Trinajstić information content (AvgIpc) is 3.56. The summed E-state index contributed by atoms with van der Waals surface area (Å²) in [7, 11) is 0. The van der Waals surface area contributed by atoms with Crippen LogP contribution in [0.2, 0.25) is 0 Å². The molecule has 2 N–H and O–H groups in total. The summed E-state index contributed by atoms with van der Waals surface area (Å²) in [6.07, 6.45) is 10.3. The Morgan fingerprint density at radius 1 is 1.24 bits per heavy atom. The van der Waals surface area contributed by atoms with Crippen LogP contribution in [0.5, 0.6) is 0 Å². The van der Waals surface area contributed by atoms with E-state index in [-0.39, 0.29) is 0 Å². The molecule has 160 valence electrons. The Bertz CT molecular complexity index is 736. The fourth-order valence-electron chi connectivity index (χ4n) is 5.82. The predicted molar refractivity (Wildman–Crippen MR) is 113 cm³/mol. The van der Waals surface area contributed by atoms with Gasteiger partial charge in [-0.15, -0.1) is 0 Å². The molecule has 0 aromatic carbocycles. The first-order chi connectivity index (χ1) is 14.0. The lowest BCUT2D eigenvalue weighted by atomic mass is 9.83. The molecule has 29 heavy (non-hydrogen) atoms. The summed E-state index contributed by atoms with van der Waals surface area (Å²) < 4.78 is 0. The quantitative estimate of drug-likeness (QED) is 0.566. The summed E-state index contributed by atoms with van der Waals surface area (Å²) in [6, 6.07) is 4.69. The molecule has 0 radical (unpaired) electrons. The molecule has 3 aliphatic rings. The molecule has 6 nitrogen and oxygen atoms in total. The van der Waals surface area contributed by atoms with Crippen molar-refractivity contribution in [3.8, 4) is 0 Å². The minimum Gasteiger partial charge on any atom is -0.295 e. The van der Waals surface area contributed by atoms with Crippen LogP contribution in [0.4, 0.5) is 0 Å². The Kier molecular flexibility index (Phi) is 6.23. The van der Waals surface area contributed by atoms with Crippen LogP contribution in [0.3, 0.4) is 0 Å². The van der Waals surface area contributed by atoms with E-state index in [4.69, 9.17) is 5.21 Å². The van der Waals surface area contributed by atoms with Gasteiger partial charge in [-0.05, 0) is 63.0 Å². The first-order valence-corrected chi connectivity index (χ1v) is 11.5. The van der Waals surface area contributed by atoms with E-state index in [1.807, 2.05) is 6.07 Å². The zero-order valence-corrected chi connectivity index (χ0v) is 18.1. The molecule has 1 aliphatic carbocycles. The van der Waals surface area contributed by atoms with Crippen molar-refractivity contribution >= 4 is 5.91 Å². The third-order valence-electron chi connectivity index (χ3n) is 7.36. The van der Waals surface area contributed by atoms with Crippen LogP contribution in [-0.2, 0) is 13.0 Å². The molecule has 2 fully saturated rings. The molecule has 1 aromatic rings. The molecule has 1 saturated heterocycles. The van der Waals surface area contributed by atoms with E-state index in [2.05, 4.69) is 35.6 Å². The Balaban J connectivity index is 1.47. The zero-order valence-electron chi connectivity index (χ0n) is 18.1. The number of hydrogen-bond donors (Lipinski definition) is 2. The molecule has 1 amide bonds. The van der Waals surface area contributed by atoms with Gasteiger partial charge in [0.05, 0.1) is 5.56 Å². The normalized spacial score (nSPS) is 30.8. The van der Waals surface area contributed by atoms with E-state index in [1.54, 1.807) is 11.7 Å². The van der Waals surface area contributed by atoms with E-state index >= 15 is 0 Å². The van der Waals surface area contributed by atoms with Gasteiger partial charge in [0.1, 0.15) is 0 Å². The summed E-state index contributed by atoms with van der Waals surface area (Å²) in [5, 5.41) is 8.94. The van der Waals surface area contributed by atoms with Gasteiger partial charge in [0.15, 0.2) is 0 Å². The largest absolute Gasteiger partial charge is 0.295 e. The smallest absolute Gasteiger partial charge is 0.276 e. The maximum Gasteiger partial charge on any atom is 0.276 e. The highest BCUT2D eigenvalue weighted by Crippen LogP contribution is 2.39. The molecule has 3 heterocycles. The van der Waals surface area contributed by atoms with Gasteiger partial charge in [0.2, 0.25) is 0 Å². The third kappa shape index (κ3) is 4.35. The number of pyridine rings is 1. The Labute approximate surface area is 174 Å². The van der Waals surface area contributed by atoms with E-state index in [0.29, 0.717) is 17.6 Å². The van der Waals surface area contributed by atoms with Crippen molar-refractivity contribution in [1.29, 1.82) is 0 Å². The molecule has 0 bridgehead atoms. The Morgan fingerprint density at radius 2 is 2.00 bits per heavy atom. The maximum atomic E-state index is 11.8. The summed E-state index contributed by atoms with van der Waals surface area (Å²) in [5.74, 6) is 0.244. The molecular weight excluding hydrogens is 364 g/mol. The minimum atomic E-state index is -0.489. The molecule has 4 unspecified atom stereocenters. The highest BCUT2D eigenvalue weighted by molar-refractivity contribution is 5.93. The van der Waals surface area contributed by atoms with Gasteiger partial charge < -0.3 is 0 Å². The van der Waals surface area contributed by atoms with Gasteiger partial charge in [0, 0.05) is 55.6 Å². The first kappa shape index (κ1) is 20.8. The first-order valence-electron chi connectivity index (χ1n) is 11.5. The molecular formula is C23H36N4O2. The number of fused-ring (bicyclic) bond motifs is 1. The van der Waals surface area contributed by atoms with Crippen LogP contribution < -0.4 is 5.48 Å². The zero-order chi connectivity index (χ0) is 20.5. The molecule has 1 saturated carbocycles. The second-order valence-electron chi connectivity index (χ2n) is 9.39. The van der Waals surface area contributed by atoms with Crippen molar-refractivity contribution in [2.24, 2.45) is 5.92 Å². The summed E-state index contributed by atoms with van der Waals surface area (Å²) >= 11 is 0. The summed E-state index contributed by atoms with van der Waals surface area (Å²) in [6.45, 7) is 9.03. The standard InChI is InChI=1S/C23H36N4O2/c1-4-19-11-22-18(10-17(12-24-22)23(28)25-29)14-26(19)13-16-8-15(3)27(21-6-7-21)20(5-2)9-16/h10,12,15-16,19-21,29H,4-9,11,13-14H2,1-3H3,(H,25,28). The number of likely N-dealkylation sites (tertiary alicyclic amines) is 1. The van der Waals surface area contributed by atoms with Crippen molar-refractivity contribution in [3.63, 3.8) is 0 Å². The van der Waals surface area contributed by atoms with E-state index in [0.717, 1.165) is 55.2 Å². The SMILES string of the molecule is CCC1Cc2ncc(C(=O)NO)cc2CN1CC1CC(C)N(C2CC2)C(CC)C1. The lowest BCUT2D eigenvalue weighted by molar-refractivity contribution is 0.0273. The Morgan fingerprint density at radius 3 is 2.66 bits per heavy atom. The molecule has 4 atom stereocenters. The second kappa shape index (κ2) is 8.70. The maximum absolute atomic E-state index is 11.8. The number of hydrogen-bond acceptors (Lipinski definition) is 5. The predicted octanol–water partition coefficient (Wildman–Crippen LogP) is 3.38. The van der Waals surface area contributed by atoms with Crippen LogP contribution >= 0.6 is 0 Å². The monoisotopic (exact) mass is 400 g/mol. The molecule has 6 heteroatoms. The van der Waals surface area contributed by atoms with Crippen molar-refractivity contribution in [3.05, 3.63) is 29.1 Å². The summed E-state index contributed by atoms with van der Waals surface area (Å²) in [4.78, 5) is 21.8. The van der Waals surface area contributed by atoms with Gasteiger partial charge in [-0.2, -0.15) is 0 Å². The van der Waals surface area contributed by atoms with Gasteiger partial charge >= 0.3 is 0 Å². The van der Waals surface area contributed by atoms with Gasteiger partial charge in [-0.25, -0.2) is 5.48 Å². The van der Waals surface area contributed by atoms with Crippen molar-refractivity contribution in [2.45, 2.75) is 96.4 Å². The lowest BCUT2D eigenvalue weighted by Crippen LogP contribution is -2.52. The third-order valence-corrected chi connectivity index (χ3v) is 7.36. The Hall–Kier alpha value is -1.50. The van der Waals surface area contributed by atoms with Crippen LogP contribution in [-0.4, -0.2) is 56.6 Å². The van der Waals surface area contributed by atoms with Crippen LogP contribution in [0.25, 0.3) is 0 Å². The van der Waals surface area contributed by atoms with Crippen molar-refractivity contribution in [2.75, 3.05) is 6.54 Å². The number of rotatable bonds is 6. The number of amides is 1. The number of nitrogens with one attached hydrogen (secondary N) is 1. The molecule has 4 rings (SSSR count). The number of aromatic nitrogens is 1. The van der Waals surface area contributed by atoms with Gasteiger partial charge in [0.25, 0.3) is 5.91 Å². The number of hydroxylamine groups is 1. The molecule has 2 aliphatic heterocycles. The number of carbonyl (C=O) groups excluding carboxylic acids is 1. The highest BCUT2D eigenvalue weighted by atomic mass is 16.5. The highest BCUT2D eigenvalue weighted by Gasteiger charge is 2.41. The van der Waals surface area contributed by atoms with Crippen LogP contribution in [0, 0.1) is 5.92 Å². The average molecular weight is 401 g/mol. The van der Waals surface area contributed by atoms with Crippen molar-refractivity contribution < 1.29 is 10.0 Å². The summed E-state index contributed by atoms with van der Waals surface area (Å²) in [5.41, 5.74) is 4.38. The van der Waals surface area contributed by atoms with E-state index in [1.165, 1.54) is 32.1 Å². The topological polar surface area (TPSA) is 68.7 Å². The lowest BCUT2D eigenvalue weighted by Gasteiger charge is -2.46. The van der Waals surface area contributed by atoms with Gasteiger partial charge in [-0.1, -0.05) is 13.8 Å². The van der Waals surface area contributed by atoms with E-state index in [9.17, 15) is 4.79 Å². The number of piperidine rings is 1. The fraction of sp³-hybridized carbons (Fsp3) is 0.739. The number of nitrogens with zero attached hydrogens (tertiary/aromatic N) is 3. The number of carbonyl (C=O) groups is 1. The van der Waals surface area contributed by atoms with E-state index < -0.39 is 5.91 Å². The van der Waals surface area contributed by atoms with Crippen LogP contribution in [0.15, 0.2) is 12.3 Å². The molecule has 1 aromatic heterocycles. The minimum absolute atomic E-state index is 0.429. The second-order valence-corrected chi connectivity index (χ2v) is 9.39. The van der Waals surface area contributed by atoms with Gasteiger partial charge in [-0.3, -0.25) is 24.8 Å².